The highest BCUT2D eigenvalue weighted by molar-refractivity contribution is 6.34. The molecule has 1 aliphatic rings. The van der Waals surface area contributed by atoms with Crippen LogP contribution in [0.25, 0.3) is 10.9 Å². The minimum atomic E-state index is -0.687. The van der Waals surface area contributed by atoms with Gasteiger partial charge in [-0.3, -0.25) is 14.5 Å². The summed E-state index contributed by atoms with van der Waals surface area (Å²) < 4.78 is 16.7. The minimum absolute atomic E-state index is 0.0629. The van der Waals surface area contributed by atoms with E-state index in [1.165, 1.54) is 12.1 Å². The summed E-state index contributed by atoms with van der Waals surface area (Å²) in [5.41, 5.74) is 1.10. The average molecular weight is 455 g/mol. The molecule has 1 amide bonds. The molecule has 1 aromatic heterocycles. The van der Waals surface area contributed by atoms with Crippen molar-refractivity contribution < 1.29 is 14.0 Å². The van der Waals surface area contributed by atoms with Gasteiger partial charge in [-0.25, -0.2) is 4.39 Å². The number of carbonyl (C=O) groups is 2. The summed E-state index contributed by atoms with van der Waals surface area (Å²) in [6, 6.07) is 10.2. The van der Waals surface area contributed by atoms with Crippen LogP contribution in [0.5, 0.6) is 0 Å². The van der Waals surface area contributed by atoms with Crippen LogP contribution in [-0.4, -0.2) is 39.8 Å². The molecule has 167 valence electrons. The van der Waals surface area contributed by atoms with Gasteiger partial charge in [0, 0.05) is 37.1 Å². The number of likely N-dealkylation sites (tertiary alicyclic amines) is 1. The van der Waals surface area contributed by atoms with Gasteiger partial charge in [0.15, 0.2) is 5.78 Å². The molecule has 0 spiro atoms. The summed E-state index contributed by atoms with van der Waals surface area (Å²) in [4.78, 5) is 27.9. The molecule has 0 saturated carbocycles. The summed E-state index contributed by atoms with van der Waals surface area (Å²) in [6.45, 7) is 5.31. The number of rotatable bonds is 6. The summed E-state index contributed by atoms with van der Waals surface area (Å²) in [7, 11) is 1.86. The summed E-state index contributed by atoms with van der Waals surface area (Å²) >= 11 is 6.37. The molecule has 1 aliphatic heterocycles. The molecule has 7 heteroatoms. The molecule has 1 saturated heterocycles. The Morgan fingerprint density at radius 3 is 2.69 bits per heavy atom. The second kappa shape index (κ2) is 8.68. The van der Waals surface area contributed by atoms with Crippen LogP contribution in [0.4, 0.5) is 10.1 Å². The maximum absolute atomic E-state index is 14.9. The number of nitrogens with one attached hydrogen (secondary N) is 1. The van der Waals surface area contributed by atoms with Crippen LogP contribution in [0.2, 0.25) is 5.02 Å². The second-order valence-corrected chi connectivity index (χ2v) is 9.14. The Kier molecular flexibility index (Phi) is 6.10. The van der Waals surface area contributed by atoms with Crippen molar-refractivity contribution in [3.05, 3.63) is 71.0 Å². The smallest absolute Gasteiger partial charge is 0.257 e. The zero-order chi connectivity index (χ0) is 23.0. The number of carbonyl (C=O) groups excluding carboxylic acids is 2. The van der Waals surface area contributed by atoms with E-state index in [9.17, 15) is 14.0 Å². The number of halogens is 2. The molecular weight excluding hydrogens is 429 g/mol. The second-order valence-electron chi connectivity index (χ2n) is 8.73. The van der Waals surface area contributed by atoms with Crippen LogP contribution in [0.15, 0.2) is 42.6 Å². The van der Waals surface area contributed by atoms with Crippen LogP contribution < -0.4 is 5.32 Å². The van der Waals surface area contributed by atoms with Gasteiger partial charge in [0.2, 0.25) is 0 Å². The van der Waals surface area contributed by atoms with E-state index in [1.54, 1.807) is 6.20 Å². The van der Waals surface area contributed by atoms with Gasteiger partial charge in [0.05, 0.1) is 21.8 Å². The van der Waals surface area contributed by atoms with Crippen molar-refractivity contribution in [3.63, 3.8) is 0 Å². The third-order valence-electron chi connectivity index (χ3n) is 6.30. The largest absolute Gasteiger partial charge is 0.350 e. The molecule has 1 fully saturated rings. The Bertz CT molecular complexity index is 1200. The highest BCUT2D eigenvalue weighted by Crippen LogP contribution is 2.30. The molecule has 2 heterocycles. The normalized spacial score (nSPS) is 14.8. The molecular formula is C25H26ClFN3O2. The Hall–Kier alpha value is -2.70. The van der Waals surface area contributed by atoms with Crippen molar-refractivity contribution >= 4 is 39.9 Å². The van der Waals surface area contributed by atoms with Gasteiger partial charge in [0.25, 0.3) is 5.91 Å². The molecule has 1 N–H and O–H groups in total. The van der Waals surface area contributed by atoms with E-state index in [1.807, 2.05) is 49.7 Å². The highest BCUT2D eigenvalue weighted by Gasteiger charge is 2.36. The van der Waals surface area contributed by atoms with Crippen molar-refractivity contribution in [2.45, 2.75) is 32.2 Å². The van der Waals surface area contributed by atoms with E-state index >= 15 is 0 Å². The van der Waals surface area contributed by atoms with Crippen molar-refractivity contribution in [2.24, 2.45) is 7.05 Å². The van der Waals surface area contributed by atoms with Crippen molar-refractivity contribution in [2.75, 3.05) is 18.4 Å². The zero-order valence-electron chi connectivity index (χ0n) is 18.4. The number of Topliss-reactive ketones (excluding diaryl/α,β-unsaturated/α-hetero) is 1. The number of aromatic nitrogens is 1. The first kappa shape index (κ1) is 22.5. The standard InChI is InChI=1S/C25H26ClFN3O2/c1-25(2,30-10-6-7-11-30)23(31)13-16-12-19(26)21(14-20(16)27)28-24(32)18-15-29(3)22-9-5-4-8-17(18)22/h4-6,8-9,12,14-15H,7,10-11,13H2,1-3H3,(H,28,32). The lowest BCUT2D eigenvalue weighted by molar-refractivity contribution is -0.128. The zero-order valence-corrected chi connectivity index (χ0v) is 19.2. The van der Waals surface area contributed by atoms with Gasteiger partial charge >= 0.3 is 0 Å². The number of aryl methyl sites for hydroxylation is 1. The summed E-state index contributed by atoms with van der Waals surface area (Å²) in [5, 5.41) is 3.70. The molecule has 4 rings (SSSR count). The Balaban J connectivity index is 1.53. The fourth-order valence-electron chi connectivity index (χ4n) is 4.19. The van der Waals surface area contributed by atoms with Gasteiger partial charge < -0.3 is 9.88 Å². The molecule has 1 radical (unpaired) electrons. The van der Waals surface area contributed by atoms with E-state index < -0.39 is 11.4 Å². The van der Waals surface area contributed by atoms with Crippen LogP contribution in [0.1, 0.15) is 36.2 Å². The van der Waals surface area contributed by atoms with Crippen molar-refractivity contribution in [1.29, 1.82) is 0 Å². The lowest BCUT2D eigenvalue weighted by Crippen LogP contribution is -2.49. The third-order valence-corrected chi connectivity index (χ3v) is 6.62. The first-order valence-electron chi connectivity index (χ1n) is 10.6. The SMILES string of the molecule is Cn1cc(C(=O)Nc2cc(F)c(CC(=O)C(C)(C)N3C[CH]CC3)cc2Cl)c2ccccc21. The maximum atomic E-state index is 14.9. The van der Waals surface area contributed by atoms with E-state index in [0.29, 0.717) is 5.56 Å². The predicted octanol–water partition coefficient (Wildman–Crippen LogP) is 5.02. The van der Waals surface area contributed by atoms with Crippen LogP contribution in [0, 0.1) is 12.2 Å². The van der Waals surface area contributed by atoms with Crippen LogP contribution in [-0.2, 0) is 18.3 Å². The molecule has 3 aromatic rings. The van der Waals surface area contributed by atoms with E-state index in [0.717, 1.165) is 30.4 Å². The summed E-state index contributed by atoms with van der Waals surface area (Å²) in [5.74, 6) is -1.02. The topological polar surface area (TPSA) is 54.3 Å². The number of fused-ring (bicyclic) bond motifs is 1. The number of ketones is 1. The van der Waals surface area contributed by atoms with Gasteiger partial charge in [-0.2, -0.15) is 0 Å². The molecule has 0 atom stereocenters. The Labute approximate surface area is 192 Å². The molecule has 5 nitrogen and oxygen atoms in total. The van der Waals surface area contributed by atoms with E-state index in [-0.39, 0.29) is 34.4 Å². The van der Waals surface area contributed by atoms with Crippen LogP contribution >= 0.6 is 11.6 Å². The molecule has 0 bridgehead atoms. The molecule has 32 heavy (non-hydrogen) atoms. The highest BCUT2D eigenvalue weighted by atomic mass is 35.5. The van der Waals surface area contributed by atoms with E-state index in [4.69, 9.17) is 11.6 Å². The first-order valence-corrected chi connectivity index (χ1v) is 11.0. The Morgan fingerprint density at radius 2 is 1.97 bits per heavy atom. The fraction of sp³-hybridized carbons (Fsp3) is 0.320. The Morgan fingerprint density at radius 1 is 1.22 bits per heavy atom. The maximum Gasteiger partial charge on any atom is 0.257 e. The number of amides is 1. The van der Waals surface area contributed by atoms with Gasteiger partial charge in [0.1, 0.15) is 5.82 Å². The quantitative estimate of drug-likeness (QED) is 0.568. The lowest BCUT2D eigenvalue weighted by atomic mass is 9.91. The first-order chi connectivity index (χ1) is 15.2. The number of hydrogen-bond acceptors (Lipinski definition) is 3. The number of para-hydroxylation sites is 1. The lowest BCUT2D eigenvalue weighted by Gasteiger charge is -2.34. The minimum Gasteiger partial charge on any atom is -0.350 e. The number of nitrogens with zero attached hydrogens (tertiary/aromatic N) is 2. The number of benzene rings is 2. The fourth-order valence-corrected chi connectivity index (χ4v) is 4.42. The predicted molar refractivity (Wildman–Crippen MR) is 126 cm³/mol. The molecule has 0 aliphatic carbocycles. The number of anilines is 1. The van der Waals surface area contributed by atoms with E-state index in [2.05, 4.69) is 16.6 Å². The van der Waals surface area contributed by atoms with Crippen molar-refractivity contribution in [1.82, 2.24) is 9.47 Å². The summed E-state index contributed by atoms with van der Waals surface area (Å²) in [6.07, 6.45) is 4.75. The van der Waals surface area contributed by atoms with Gasteiger partial charge in [-0.15, -0.1) is 0 Å². The van der Waals surface area contributed by atoms with Crippen LogP contribution in [0.3, 0.4) is 0 Å². The number of hydrogen-bond donors (Lipinski definition) is 1. The molecule has 0 unspecified atom stereocenters. The van der Waals surface area contributed by atoms with Crippen molar-refractivity contribution in [3.8, 4) is 0 Å². The van der Waals surface area contributed by atoms with Gasteiger partial charge in [-0.1, -0.05) is 29.8 Å². The third kappa shape index (κ3) is 4.17. The monoisotopic (exact) mass is 454 g/mol. The average Bonchev–Trinajstić information content (AvgIpc) is 3.41. The molecule has 2 aromatic carbocycles. The van der Waals surface area contributed by atoms with Gasteiger partial charge in [-0.05, 0) is 57.0 Å².